The van der Waals surface area contributed by atoms with Crippen molar-refractivity contribution in [3.05, 3.63) is 107 Å². The van der Waals surface area contributed by atoms with Crippen LogP contribution in [-0.2, 0) is 33.8 Å². The maximum Gasteiger partial charge on any atom is 0.326 e. The summed E-state index contributed by atoms with van der Waals surface area (Å²) >= 11 is 4.48. The van der Waals surface area contributed by atoms with Gasteiger partial charge in [-0.15, -0.1) is 0 Å². The lowest BCUT2D eigenvalue weighted by Gasteiger charge is -2.31. The zero-order valence-electron chi connectivity index (χ0n) is 23.5. The maximum absolute atomic E-state index is 13.8. The zero-order valence-corrected chi connectivity index (χ0v) is 24.4. The van der Waals surface area contributed by atoms with Gasteiger partial charge in [0.25, 0.3) is 11.8 Å². The number of nitrogens with one attached hydrogen (secondary N) is 1. The molecule has 2 aliphatic heterocycles. The molecule has 2 N–H and O–H groups in total. The molecule has 0 bridgehead atoms. The molecular formula is C33H33N3O6S. The lowest BCUT2D eigenvalue weighted by Crippen LogP contribution is -2.54. The zero-order chi connectivity index (χ0) is 30.5. The van der Waals surface area contributed by atoms with Crippen LogP contribution in [-0.4, -0.2) is 68.4 Å². The predicted molar refractivity (Wildman–Crippen MR) is 163 cm³/mol. The highest BCUT2D eigenvalue weighted by molar-refractivity contribution is 7.81. The third-order valence-electron chi connectivity index (χ3n) is 8.00. The Hall–Kier alpha value is -4.44. The van der Waals surface area contributed by atoms with Crippen molar-refractivity contribution in [3.63, 3.8) is 0 Å². The Morgan fingerprint density at radius 1 is 0.860 bits per heavy atom. The van der Waals surface area contributed by atoms with Crippen LogP contribution in [0.15, 0.2) is 78.9 Å². The number of carboxylic acid groups (broad SMARTS) is 1. The highest BCUT2D eigenvalue weighted by Crippen LogP contribution is 2.25. The standard InChI is InChI=1S/C33H33N3O6S/c37-29(28(43)16-8-9-17-35-30(38)24-14-6-7-15-25(24)31(35)39)34-26-19-22-12-4-5-13-23(22)20-36(32(26)40)27(33(41)42)18-21-10-2-1-3-11-21/h1-7,10-15,26-28,43H,8-9,16-20H2,(H,34,37)(H,41,42). The summed E-state index contributed by atoms with van der Waals surface area (Å²) in [6.45, 7) is 0.354. The third kappa shape index (κ3) is 6.64. The Labute approximate surface area is 255 Å². The van der Waals surface area contributed by atoms with Gasteiger partial charge in [0.15, 0.2) is 0 Å². The van der Waals surface area contributed by atoms with Gasteiger partial charge in [-0.25, -0.2) is 4.79 Å². The Morgan fingerprint density at radius 2 is 1.47 bits per heavy atom. The third-order valence-corrected chi connectivity index (χ3v) is 8.50. The van der Waals surface area contributed by atoms with Crippen molar-refractivity contribution >= 4 is 42.2 Å². The molecular weight excluding hydrogens is 566 g/mol. The molecule has 0 saturated heterocycles. The summed E-state index contributed by atoms with van der Waals surface area (Å²) in [6, 6.07) is 21.2. The summed E-state index contributed by atoms with van der Waals surface area (Å²) in [5.74, 6) is -2.64. The summed E-state index contributed by atoms with van der Waals surface area (Å²) in [5, 5.41) is 12.2. The van der Waals surface area contributed by atoms with Crippen molar-refractivity contribution in [3.8, 4) is 0 Å². The Bertz CT molecular complexity index is 1510. The van der Waals surface area contributed by atoms with E-state index < -0.39 is 35.1 Å². The molecule has 3 atom stereocenters. The average molecular weight is 600 g/mol. The molecule has 43 heavy (non-hydrogen) atoms. The normalized spacial score (nSPS) is 17.6. The molecule has 0 spiro atoms. The van der Waals surface area contributed by atoms with E-state index in [1.807, 2.05) is 54.6 Å². The van der Waals surface area contributed by atoms with Gasteiger partial charge >= 0.3 is 5.97 Å². The number of thiol groups is 1. The average Bonchev–Trinajstić information content (AvgIpc) is 3.16. The van der Waals surface area contributed by atoms with E-state index in [-0.39, 0.29) is 37.7 Å². The number of unbranched alkanes of at least 4 members (excludes halogenated alkanes) is 1. The number of carboxylic acids is 1. The van der Waals surface area contributed by atoms with Gasteiger partial charge in [-0.1, -0.05) is 73.2 Å². The minimum Gasteiger partial charge on any atom is -0.480 e. The van der Waals surface area contributed by atoms with Crippen LogP contribution in [0.2, 0.25) is 0 Å². The second-order valence-corrected chi connectivity index (χ2v) is 11.5. The smallest absolute Gasteiger partial charge is 0.326 e. The SMILES string of the molecule is O=C(NC1Cc2ccccc2CN(C(Cc2ccccc2)C(=O)O)C1=O)C(S)CCCCN1C(=O)c2ccccc2C1=O. The van der Waals surface area contributed by atoms with Crippen molar-refractivity contribution in [1.29, 1.82) is 0 Å². The van der Waals surface area contributed by atoms with E-state index in [4.69, 9.17) is 0 Å². The van der Waals surface area contributed by atoms with Gasteiger partial charge in [-0.2, -0.15) is 12.6 Å². The van der Waals surface area contributed by atoms with E-state index in [1.165, 1.54) is 9.80 Å². The van der Waals surface area contributed by atoms with Crippen LogP contribution >= 0.6 is 12.6 Å². The molecule has 0 saturated carbocycles. The fraction of sp³-hybridized carbons (Fsp3) is 0.303. The first-order valence-corrected chi connectivity index (χ1v) is 14.8. The van der Waals surface area contributed by atoms with Gasteiger partial charge in [-0.05, 0) is 41.7 Å². The first-order valence-electron chi connectivity index (χ1n) is 14.3. The highest BCUT2D eigenvalue weighted by Gasteiger charge is 2.38. The summed E-state index contributed by atoms with van der Waals surface area (Å²) < 4.78 is 0. The minimum absolute atomic E-state index is 0.118. The fourth-order valence-corrected chi connectivity index (χ4v) is 5.93. The lowest BCUT2D eigenvalue weighted by molar-refractivity contribution is -0.151. The van der Waals surface area contributed by atoms with E-state index in [0.717, 1.165) is 16.7 Å². The van der Waals surface area contributed by atoms with Crippen LogP contribution < -0.4 is 5.32 Å². The number of benzene rings is 3. The van der Waals surface area contributed by atoms with Crippen LogP contribution in [0.4, 0.5) is 0 Å². The molecule has 2 heterocycles. The fourth-order valence-electron chi connectivity index (χ4n) is 5.67. The topological polar surface area (TPSA) is 124 Å². The molecule has 4 amide bonds. The number of amides is 4. The molecule has 222 valence electrons. The number of hydrogen-bond acceptors (Lipinski definition) is 6. The number of hydrogen-bond donors (Lipinski definition) is 3. The van der Waals surface area contributed by atoms with Crippen LogP contribution in [0.1, 0.15) is 56.7 Å². The van der Waals surface area contributed by atoms with Crippen LogP contribution in [0.25, 0.3) is 0 Å². The van der Waals surface area contributed by atoms with E-state index in [0.29, 0.717) is 30.4 Å². The lowest BCUT2D eigenvalue weighted by atomic mass is 10.0. The number of fused-ring (bicyclic) bond motifs is 2. The molecule has 0 radical (unpaired) electrons. The van der Waals surface area contributed by atoms with E-state index in [9.17, 15) is 29.1 Å². The Morgan fingerprint density at radius 3 is 2.12 bits per heavy atom. The van der Waals surface area contributed by atoms with E-state index in [2.05, 4.69) is 17.9 Å². The van der Waals surface area contributed by atoms with Gasteiger partial charge in [0, 0.05) is 25.9 Å². The predicted octanol–water partition coefficient (Wildman–Crippen LogP) is 3.52. The molecule has 9 nitrogen and oxygen atoms in total. The second-order valence-electron chi connectivity index (χ2n) is 10.9. The molecule has 0 aromatic heterocycles. The van der Waals surface area contributed by atoms with Gasteiger partial charge in [0.05, 0.1) is 16.4 Å². The van der Waals surface area contributed by atoms with Gasteiger partial charge < -0.3 is 15.3 Å². The highest BCUT2D eigenvalue weighted by atomic mass is 32.1. The number of nitrogens with zero attached hydrogens (tertiary/aromatic N) is 2. The molecule has 0 fully saturated rings. The molecule has 3 aromatic rings. The molecule has 3 aromatic carbocycles. The summed E-state index contributed by atoms with van der Waals surface area (Å²) in [5.41, 5.74) is 3.29. The number of carbonyl (C=O) groups is 5. The summed E-state index contributed by atoms with van der Waals surface area (Å²) in [4.78, 5) is 67.2. The molecule has 5 rings (SSSR count). The molecule has 0 aliphatic carbocycles. The number of carbonyl (C=O) groups excluding carboxylic acids is 4. The largest absolute Gasteiger partial charge is 0.480 e. The molecule has 3 unspecified atom stereocenters. The monoisotopic (exact) mass is 599 g/mol. The number of aliphatic carboxylic acids is 1. The van der Waals surface area contributed by atoms with Crippen molar-refractivity contribution in [2.75, 3.05) is 6.54 Å². The van der Waals surface area contributed by atoms with Crippen molar-refractivity contribution < 1.29 is 29.1 Å². The van der Waals surface area contributed by atoms with E-state index >= 15 is 0 Å². The quantitative estimate of drug-likeness (QED) is 0.176. The van der Waals surface area contributed by atoms with Crippen molar-refractivity contribution in [1.82, 2.24) is 15.1 Å². The van der Waals surface area contributed by atoms with Gasteiger partial charge in [-0.3, -0.25) is 24.1 Å². The number of imide groups is 1. The van der Waals surface area contributed by atoms with Crippen LogP contribution in [0.3, 0.4) is 0 Å². The minimum atomic E-state index is -1.12. The van der Waals surface area contributed by atoms with Crippen molar-refractivity contribution in [2.45, 2.75) is 56.0 Å². The first kappa shape index (κ1) is 30.0. The van der Waals surface area contributed by atoms with Crippen molar-refractivity contribution in [2.24, 2.45) is 0 Å². The number of rotatable bonds is 11. The van der Waals surface area contributed by atoms with Crippen LogP contribution in [0, 0.1) is 0 Å². The van der Waals surface area contributed by atoms with Crippen LogP contribution in [0.5, 0.6) is 0 Å². The molecule has 10 heteroatoms. The summed E-state index contributed by atoms with van der Waals surface area (Å²) in [6.07, 6.45) is 1.76. The molecule has 2 aliphatic rings. The van der Waals surface area contributed by atoms with Gasteiger partial charge in [0.2, 0.25) is 11.8 Å². The van der Waals surface area contributed by atoms with Gasteiger partial charge in [0.1, 0.15) is 12.1 Å². The summed E-state index contributed by atoms with van der Waals surface area (Å²) in [7, 11) is 0. The first-order chi connectivity index (χ1) is 20.7. The maximum atomic E-state index is 13.8. The Balaban J connectivity index is 1.22. The Kier molecular flexibility index (Phi) is 9.25. The second kappa shape index (κ2) is 13.2. The van der Waals surface area contributed by atoms with E-state index in [1.54, 1.807) is 24.3 Å².